The molecule has 0 spiro atoms. The molecule has 1 fully saturated rings. The second kappa shape index (κ2) is 8.61. The van der Waals surface area contributed by atoms with Crippen molar-refractivity contribution in [2.45, 2.75) is 0 Å². The van der Waals surface area contributed by atoms with Gasteiger partial charge in [0.25, 0.3) is 5.91 Å². The Morgan fingerprint density at radius 3 is 2.70 bits per heavy atom. The Morgan fingerprint density at radius 1 is 1.30 bits per heavy atom. The fourth-order valence-corrected chi connectivity index (χ4v) is 4.10. The summed E-state index contributed by atoms with van der Waals surface area (Å²) in [5.41, 5.74) is 1.46. The standard InChI is InChI=1S/C20H16ClNO3S2/c1-3-9-25-18-15(21)10-13(11-16(18)24-2)12-17-19(23)22(20(26)27-17)14-7-5-4-6-8-14/h3-8,10-12H,1,9H2,2H3/b17-12+. The van der Waals surface area contributed by atoms with E-state index < -0.39 is 0 Å². The first kappa shape index (κ1) is 19.5. The second-order valence-corrected chi connectivity index (χ2v) is 7.57. The van der Waals surface area contributed by atoms with E-state index in [1.165, 1.54) is 23.8 Å². The van der Waals surface area contributed by atoms with Crippen molar-refractivity contribution in [2.75, 3.05) is 18.6 Å². The van der Waals surface area contributed by atoms with Crippen LogP contribution in [0, 0.1) is 0 Å². The molecule has 0 atom stereocenters. The average molecular weight is 418 g/mol. The van der Waals surface area contributed by atoms with Crippen LogP contribution in [-0.2, 0) is 4.79 Å². The fourth-order valence-electron chi connectivity index (χ4n) is 2.52. The van der Waals surface area contributed by atoms with E-state index in [0.29, 0.717) is 32.4 Å². The minimum absolute atomic E-state index is 0.168. The lowest BCUT2D eigenvalue weighted by Crippen LogP contribution is -2.27. The van der Waals surface area contributed by atoms with Gasteiger partial charge in [-0.1, -0.05) is 66.4 Å². The first-order valence-electron chi connectivity index (χ1n) is 7.99. The summed E-state index contributed by atoms with van der Waals surface area (Å²) >= 11 is 13.0. The van der Waals surface area contributed by atoms with Gasteiger partial charge in [-0.2, -0.15) is 0 Å². The van der Waals surface area contributed by atoms with E-state index in [2.05, 4.69) is 6.58 Å². The van der Waals surface area contributed by atoms with E-state index >= 15 is 0 Å². The highest BCUT2D eigenvalue weighted by Gasteiger charge is 2.33. The fraction of sp³-hybridized carbons (Fsp3) is 0.100. The third-order valence-electron chi connectivity index (χ3n) is 3.70. The van der Waals surface area contributed by atoms with Crippen molar-refractivity contribution in [3.8, 4) is 11.5 Å². The zero-order valence-corrected chi connectivity index (χ0v) is 16.9. The molecule has 0 unspecified atom stereocenters. The van der Waals surface area contributed by atoms with Gasteiger partial charge in [-0.25, -0.2) is 0 Å². The Bertz CT molecular complexity index is 928. The van der Waals surface area contributed by atoms with E-state index in [0.717, 1.165) is 11.3 Å². The highest BCUT2D eigenvalue weighted by Crippen LogP contribution is 2.40. The minimum Gasteiger partial charge on any atom is -0.493 e. The number of amides is 1. The van der Waals surface area contributed by atoms with Crippen molar-refractivity contribution in [2.24, 2.45) is 0 Å². The molecule has 1 heterocycles. The Kier molecular flexibility index (Phi) is 6.21. The molecule has 0 radical (unpaired) electrons. The summed E-state index contributed by atoms with van der Waals surface area (Å²) in [6.07, 6.45) is 3.37. The van der Waals surface area contributed by atoms with Crippen LogP contribution in [0.4, 0.5) is 5.69 Å². The Morgan fingerprint density at radius 2 is 2.04 bits per heavy atom. The second-order valence-electron chi connectivity index (χ2n) is 5.49. The summed E-state index contributed by atoms with van der Waals surface area (Å²) in [5.74, 6) is 0.750. The van der Waals surface area contributed by atoms with Crippen LogP contribution >= 0.6 is 35.6 Å². The molecule has 4 nitrogen and oxygen atoms in total. The van der Waals surface area contributed by atoms with Gasteiger partial charge in [-0.05, 0) is 35.9 Å². The molecule has 7 heteroatoms. The van der Waals surface area contributed by atoms with E-state index in [1.807, 2.05) is 30.3 Å². The van der Waals surface area contributed by atoms with Crippen LogP contribution in [0.3, 0.4) is 0 Å². The zero-order chi connectivity index (χ0) is 19.4. The molecule has 2 aromatic carbocycles. The van der Waals surface area contributed by atoms with Crippen molar-refractivity contribution in [3.63, 3.8) is 0 Å². The average Bonchev–Trinajstić information content (AvgIpc) is 2.94. The lowest BCUT2D eigenvalue weighted by Gasteiger charge is -2.14. The van der Waals surface area contributed by atoms with Gasteiger partial charge in [0.2, 0.25) is 0 Å². The summed E-state index contributed by atoms with van der Waals surface area (Å²) < 4.78 is 11.4. The molecular formula is C20H16ClNO3S2. The van der Waals surface area contributed by atoms with E-state index in [-0.39, 0.29) is 5.91 Å². The van der Waals surface area contributed by atoms with Gasteiger partial charge in [0.05, 0.1) is 22.7 Å². The van der Waals surface area contributed by atoms with Crippen LogP contribution in [0.15, 0.2) is 60.0 Å². The SMILES string of the molecule is C=CCOc1c(Cl)cc(/C=C2/SC(=S)N(c3ccccc3)C2=O)cc1OC. The van der Waals surface area contributed by atoms with E-state index in [4.69, 9.17) is 33.3 Å². The number of anilines is 1. The molecule has 0 saturated carbocycles. The van der Waals surface area contributed by atoms with Crippen LogP contribution in [-0.4, -0.2) is 23.9 Å². The number of carbonyl (C=O) groups excluding carboxylic acids is 1. The van der Waals surface area contributed by atoms with Gasteiger partial charge < -0.3 is 9.47 Å². The molecule has 1 aliphatic rings. The maximum atomic E-state index is 12.8. The van der Waals surface area contributed by atoms with Gasteiger partial charge in [-0.15, -0.1) is 0 Å². The van der Waals surface area contributed by atoms with Crippen LogP contribution in [0.1, 0.15) is 5.56 Å². The number of hydrogen-bond acceptors (Lipinski definition) is 5. The number of hydrogen-bond donors (Lipinski definition) is 0. The number of para-hydroxylation sites is 1. The van der Waals surface area contributed by atoms with Gasteiger partial charge in [0.1, 0.15) is 6.61 Å². The van der Waals surface area contributed by atoms with Crippen LogP contribution in [0.5, 0.6) is 11.5 Å². The molecule has 0 N–H and O–H groups in total. The highest BCUT2D eigenvalue weighted by molar-refractivity contribution is 8.27. The van der Waals surface area contributed by atoms with Crippen molar-refractivity contribution in [1.82, 2.24) is 0 Å². The molecule has 0 bridgehead atoms. The highest BCUT2D eigenvalue weighted by atomic mass is 35.5. The lowest BCUT2D eigenvalue weighted by atomic mass is 10.1. The molecule has 138 valence electrons. The Hall–Kier alpha value is -2.28. The first-order chi connectivity index (χ1) is 13.0. The Balaban J connectivity index is 1.93. The van der Waals surface area contributed by atoms with Crippen molar-refractivity contribution < 1.29 is 14.3 Å². The third-order valence-corrected chi connectivity index (χ3v) is 5.29. The summed E-state index contributed by atoms with van der Waals surface area (Å²) in [6, 6.07) is 12.8. The number of carbonyl (C=O) groups is 1. The number of methoxy groups -OCH3 is 1. The molecule has 3 rings (SSSR count). The predicted molar refractivity (Wildman–Crippen MR) is 116 cm³/mol. The number of nitrogens with zero attached hydrogens (tertiary/aromatic N) is 1. The van der Waals surface area contributed by atoms with Gasteiger partial charge in [0.15, 0.2) is 15.8 Å². The minimum atomic E-state index is -0.168. The first-order valence-corrected chi connectivity index (χ1v) is 9.59. The lowest BCUT2D eigenvalue weighted by molar-refractivity contribution is -0.113. The number of thiocarbonyl (C=S) groups is 1. The van der Waals surface area contributed by atoms with Crippen molar-refractivity contribution >= 4 is 57.6 Å². The van der Waals surface area contributed by atoms with E-state index in [1.54, 1.807) is 24.3 Å². The van der Waals surface area contributed by atoms with Crippen LogP contribution in [0.2, 0.25) is 5.02 Å². The number of rotatable bonds is 6. The normalized spacial score (nSPS) is 15.3. The Labute approximate surface area is 172 Å². The summed E-state index contributed by atoms with van der Waals surface area (Å²) in [5, 5.41) is 0.390. The smallest absolute Gasteiger partial charge is 0.270 e. The van der Waals surface area contributed by atoms with Gasteiger partial charge in [-0.3, -0.25) is 9.69 Å². The predicted octanol–water partition coefficient (Wildman–Crippen LogP) is 5.32. The summed E-state index contributed by atoms with van der Waals surface area (Å²) in [6.45, 7) is 3.93. The molecule has 2 aromatic rings. The largest absolute Gasteiger partial charge is 0.493 e. The summed E-state index contributed by atoms with van der Waals surface area (Å²) in [4.78, 5) is 14.9. The molecule has 1 amide bonds. The maximum Gasteiger partial charge on any atom is 0.270 e. The quantitative estimate of drug-likeness (QED) is 0.361. The van der Waals surface area contributed by atoms with Crippen molar-refractivity contribution in [1.29, 1.82) is 0 Å². The summed E-state index contributed by atoms with van der Waals surface area (Å²) in [7, 11) is 1.53. The number of halogens is 1. The van der Waals surface area contributed by atoms with E-state index in [9.17, 15) is 4.79 Å². The topological polar surface area (TPSA) is 38.8 Å². The third kappa shape index (κ3) is 4.18. The van der Waals surface area contributed by atoms with Gasteiger partial charge >= 0.3 is 0 Å². The zero-order valence-electron chi connectivity index (χ0n) is 14.5. The molecule has 0 aromatic heterocycles. The van der Waals surface area contributed by atoms with Crippen LogP contribution in [0.25, 0.3) is 6.08 Å². The number of ether oxygens (including phenoxy) is 2. The molecule has 1 aliphatic heterocycles. The molecular weight excluding hydrogens is 402 g/mol. The number of thioether (sulfide) groups is 1. The monoisotopic (exact) mass is 417 g/mol. The molecule has 0 aliphatic carbocycles. The van der Waals surface area contributed by atoms with Crippen molar-refractivity contribution in [3.05, 3.63) is 70.6 Å². The maximum absolute atomic E-state index is 12.8. The van der Waals surface area contributed by atoms with Crippen LogP contribution < -0.4 is 14.4 Å². The molecule has 1 saturated heterocycles. The van der Waals surface area contributed by atoms with Gasteiger partial charge in [0, 0.05) is 0 Å². The number of benzene rings is 2. The molecule has 27 heavy (non-hydrogen) atoms.